The van der Waals surface area contributed by atoms with Crippen LogP contribution in [0.1, 0.15) is 12.8 Å². The average molecular weight is 171 g/mol. The van der Waals surface area contributed by atoms with Crippen LogP contribution in [0.25, 0.3) is 0 Å². The van der Waals surface area contributed by atoms with E-state index in [-0.39, 0.29) is 0 Å². The van der Waals surface area contributed by atoms with Gasteiger partial charge in [0.05, 0.1) is 0 Å². The Balaban J connectivity index is 1.76. The normalized spacial score (nSPS) is 18.2. The van der Waals surface area contributed by atoms with Crippen LogP contribution in [0.5, 0.6) is 0 Å². The Labute approximate surface area is 75.5 Å². The second-order valence-corrected chi connectivity index (χ2v) is 3.82. The fourth-order valence-corrected chi connectivity index (χ4v) is 1.29. The Morgan fingerprint density at radius 3 is 2.58 bits per heavy atom. The SMILES string of the molecule is CN(C)CCCCNC1CNC1. The average Bonchev–Trinajstić information content (AvgIpc) is 1.92. The summed E-state index contributed by atoms with van der Waals surface area (Å²) in [5, 5.41) is 6.76. The first-order valence-corrected chi connectivity index (χ1v) is 4.88. The third-order valence-electron chi connectivity index (χ3n) is 2.25. The van der Waals surface area contributed by atoms with Gasteiger partial charge < -0.3 is 15.5 Å². The van der Waals surface area contributed by atoms with Gasteiger partial charge in [-0.05, 0) is 40.0 Å². The predicted octanol–water partition coefficient (Wildman–Crippen LogP) is -0.110. The van der Waals surface area contributed by atoms with Crippen LogP contribution in [0.4, 0.5) is 0 Å². The highest BCUT2D eigenvalue weighted by molar-refractivity contribution is 4.80. The van der Waals surface area contributed by atoms with Gasteiger partial charge in [-0.3, -0.25) is 0 Å². The smallest absolute Gasteiger partial charge is 0.0317 e. The van der Waals surface area contributed by atoms with E-state index in [1.807, 2.05) is 0 Å². The molecule has 0 spiro atoms. The Kier molecular flexibility index (Phi) is 4.58. The molecular weight excluding hydrogens is 150 g/mol. The summed E-state index contributed by atoms with van der Waals surface area (Å²) in [5.41, 5.74) is 0. The first kappa shape index (κ1) is 9.96. The van der Waals surface area contributed by atoms with E-state index in [0.717, 1.165) is 19.1 Å². The van der Waals surface area contributed by atoms with Crippen molar-refractivity contribution in [2.24, 2.45) is 0 Å². The van der Waals surface area contributed by atoms with Crippen LogP contribution in [0, 0.1) is 0 Å². The first-order valence-electron chi connectivity index (χ1n) is 4.88. The molecular formula is C9H21N3. The quantitative estimate of drug-likeness (QED) is 0.546. The first-order chi connectivity index (χ1) is 5.79. The van der Waals surface area contributed by atoms with Gasteiger partial charge in [0.1, 0.15) is 0 Å². The number of nitrogens with zero attached hydrogens (tertiary/aromatic N) is 1. The van der Waals surface area contributed by atoms with Crippen LogP contribution >= 0.6 is 0 Å². The highest BCUT2D eigenvalue weighted by Crippen LogP contribution is 1.93. The maximum Gasteiger partial charge on any atom is 0.0317 e. The van der Waals surface area contributed by atoms with Crippen LogP contribution in [0.2, 0.25) is 0 Å². The molecule has 0 unspecified atom stereocenters. The van der Waals surface area contributed by atoms with Crippen LogP contribution < -0.4 is 10.6 Å². The summed E-state index contributed by atoms with van der Waals surface area (Å²) in [6.45, 7) is 4.71. The summed E-state index contributed by atoms with van der Waals surface area (Å²) < 4.78 is 0. The van der Waals surface area contributed by atoms with Gasteiger partial charge in [0.25, 0.3) is 0 Å². The van der Waals surface area contributed by atoms with E-state index in [1.165, 1.54) is 25.9 Å². The van der Waals surface area contributed by atoms with Gasteiger partial charge in [-0.2, -0.15) is 0 Å². The van der Waals surface area contributed by atoms with Gasteiger partial charge >= 0.3 is 0 Å². The second-order valence-electron chi connectivity index (χ2n) is 3.82. The van der Waals surface area contributed by atoms with Crippen molar-refractivity contribution in [3.8, 4) is 0 Å². The van der Waals surface area contributed by atoms with Crippen LogP contribution in [-0.4, -0.2) is 51.2 Å². The molecule has 1 aliphatic rings. The molecule has 3 heteroatoms. The Bertz CT molecular complexity index is 110. The van der Waals surface area contributed by atoms with E-state index >= 15 is 0 Å². The molecule has 0 aromatic heterocycles. The van der Waals surface area contributed by atoms with Crippen LogP contribution in [0.3, 0.4) is 0 Å². The summed E-state index contributed by atoms with van der Waals surface area (Å²) in [7, 11) is 4.26. The third-order valence-corrected chi connectivity index (χ3v) is 2.25. The second kappa shape index (κ2) is 5.51. The number of rotatable bonds is 6. The zero-order valence-corrected chi connectivity index (χ0v) is 8.27. The molecule has 0 aromatic carbocycles. The fourth-order valence-electron chi connectivity index (χ4n) is 1.29. The molecule has 1 aliphatic heterocycles. The van der Waals surface area contributed by atoms with E-state index in [1.54, 1.807) is 0 Å². The van der Waals surface area contributed by atoms with Crippen molar-refractivity contribution in [1.29, 1.82) is 0 Å². The zero-order chi connectivity index (χ0) is 8.81. The summed E-state index contributed by atoms with van der Waals surface area (Å²) in [4.78, 5) is 2.24. The molecule has 0 saturated carbocycles. The molecule has 0 bridgehead atoms. The van der Waals surface area contributed by atoms with Crippen molar-refractivity contribution >= 4 is 0 Å². The maximum absolute atomic E-state index is 3.51. The van der Waals surface area contributed by atoms with Crippen molar-refractivity contribution in [3.63, 3.8) is 0 Å². The van der Waals surface area contributed by atoms with E-state index in [9.17, 15) is 0 Å². The van der Waals surface area contributed by atoms with Crippen LogP contribution in [0.15, 0.2) is 0 Å². The molecule has 0 atom stereocenters. The Morgan fingerprint density at radius 1 is 1.33 bits per heavy atom. The summed E-state index contributed by atoms with van der Waals surface area (Å²) in [6, 6.07) is 0.754. The van der Waals surface area contributed by atoms with Gasteiger partial charge in [-0.1, -0.05) is 0 Å². The molecule has 1 saturated heterocycles. The number of unbranched alkanes of at least 4 members (excludes halogenated alkanes) is 1. The van der Waals surface area contributed by atoms with Gasteiger partial charge in [-0.25, -0.2) is 0 Å². The van der Waals surface area contributed by atoms with Gasteiger partial charge in [0.15, 0.2) is 0 Å². The van der Waals surface area contributed by atoms with Crippen molar-refractivity contribution < 1.29 is 0 Å². The van der Waals surface area contributed by atoms with E-state index in [0.29, 0.717) is 0 Å². The largest absolute Gasteiger partial charge is 0.314 e. The standard InChI is InChI=1S/C9H21N3/c1-12(2)6-4-3-5-11-9-7-10-8-9/h9-11H,3-8H2,1-2H3. The minimum Gasteiger partial charge on any atom is -0.314 e. The zero-order valence-electron chi connectivity index (χ0n) is 8.27. The molecule has 0 radical (unpaired) electrons. The highest BCUT2D eigenvalue weighted by atomic mass is 15.1. The molecule has 2 N–H and O–H groups in total. The minimum atomic E-state index is 0.754. The molecule has 1 heterocycles. The molecule has 1 rings (SSSR count). The number of nitrogens with one attached hydrogen (secondary N) is 2. The van der Waals surface area contributed by atoms with Crippen molar-refractivity contribution in [2.45, 2.75) is 18.9 Å². The molecule has 12 heavy (non-hydrogen) atoms. The number of hydrogen-bond donors (Lipinski definition) is 2. The third kappa shape index (κ3) is 4.04. The van der Waals surface area contributed by atoms with E-state index in [4.69, 9.17) is 0 Å². The molecule has 3 nitrogen and oxygen atoms in total. The van der Waals surface area contributed by atoms with Crippen molar-refractivity contribution in [2.75, 3.05) is 40.3 Å². The lowest BCUT2D eigenvalue weighted by Gasteiger charge is -2.28. The molecule has 0 amide bonds. The molecule has 72 valence electrons. The van der Waals surface area contributed by atoms with Crippen molar-refractivity contribution in [3.05, 3.63) is 0 Å². The maximum atomic E-state index is 3.51. The topological polar surface area (TPSA) is 27.3 Å². The predicted molar refractivity (Wildman–Crippen MR) is 52.4 cm³/mol. The summed E-state index contributed by atoms with van der Waals surface area (Å²) >= 11 is 0. The van der Waals surface area contributed by atoms with Gasteiger partial charge in [0, 0.05) is 19.1 Å². The van der Waals surface area contributed by atoms with E-state index in [2.05, 4.69) is 29.6 Å². The summed E-state index contributed by atoms with van der Waals surface area (Å²) in [5.74, 6) is 0. The van der Waals surface area contributed by atoms with Crippen molar-refractivity contribution in [1.82, 2.24) is 15.5 Å². The highest BCUT2D eigenvalue weighted by Gasteiger charge is 2.14. The fraction of sp³-hybridized carbons (Fsp3) is 1.00. The van der Waals surface area contributed by atoms with Gasteiger partial charge in [0.2, 0.25) is 0 Å². The lowest BCUT2D eigenvalue weighted by atomic mass is 10.2. The number of hydrogen-bond acceptors (Lipinski definition) is 3. The summed E-state index contributed by atoms with van der Waals surface area (Å²) in [6.07, 6.45) is 2.61. The van der Waals surface area contributed by atoms with Gasteiger partial charge in [-0.15, -0.1) is 0 Å². The van der Waals surface area contributed by atoms with Crippen LogP contribution in [-0.2, 0) is 0 Å². The minimum absolute atomic E-state index is 0.754. The molecule has 0 aromatic rings. The Morgan fingerprint density at radius 2 is 2.08 bits per heavy atom. The Hall–Kier alpha value is -0.120. The lowest BCUT2D eigenvalue weighted by Crippen LogP contribution is -2.55. The van der Waals surface area contributed by atoms with E-state index < -0.39 is 0 Å². The lowest BCUT2D eigenvalue weighted by molar-refractivity contribution is 0.351. The molecule has 0 aliphatic carbocycles. The molecule has 1 fully saturated rings. The monoisotopic (exact) mass is 171 g/mol.